The van der Waals surface area contributed by atoms with Crippen LogP contribution in [-0.4, -0.2) is 56.4 Å². The topological polar surface area (TPSA) is 54.4 Å². The number of benzene rings is 2. The Balaban J connectivity index is 1.41. The molecule has 0 aliphatic carbocycles. The van der Waals surface area contributed by atoms with Gasteiger partial charge in [0.15, 0.2) is 16.7 Å². The highest BCUT2D eigenvalue weighted by Crippen LogP contribution is 2.33. The van der Waals surface area contributed by atoms with E-state index in [1.165, 1.54) is 23.0 Å². The molecule has 1 amide bonds. The summed E-state index contributed by atoms with van der Waals surface area (Å²) < 4.78 is 10.6. The average Bonchev–Trinajstić information content (AvgIpc) is 3.14. The van der Waals surface area contributed by atoms with Crippen LogP contribution in [0.3, 0.4) is 0 Å². The normalized spacial score (nSPS) is 18.0. The predicted octanol–water partition coefficient (Wildman–Crippen LogP) is 3.80. The lowest BCUT2D eigenvalue weighted by Gasteiger charge is -2.36. The number of carbonyl (C=O) groups excluding carboxylic acids is 1. The van der Waals surface area contributed by atoms with E-state index in [-0.39, 0.29) is 5.91 Å². The number of amidine groups is 1. The molecule has 7 heteroatoms. The van der Waals surface area contributed by atoms with Crippen molar-refractivity contribution in [2.75, 3.05) is 45.3 Å². The molecule has 30 heavy (non-hydrogen) atoms. The number of nitrogens with zero attached hydrogens (tertiary/aromatic N) is 3. The van der Waals surface area contributed by atoms with Crippen LogP contribution in [0.5, 0.6) is 11.5 Å². The Kier molecular flexibility index (Phi) is 5.99. The molecule has 0 N–H and O–H groups in total. The van der Waals surface area contributed by atoms with Gasteiger partial charge in [-0.15, -0.1) is 0 Å². The van der Waals surface area contributed by atoms with E-state index in [4.69, 9.17) is 9.47 Å². The highest BCUT2D eigenvalue weighted by Gasteiger charge is 2.28. The third-order valence-corrected chi connectivity index (χ3v) is 6.31. The lowest BCUT2D eigenvalue weighted by atomic mass is 10.2. The van der Waals surface area contributed by atoms with E-state index in [9.17, 15) is 4.79 Å². The number of hydrogen-bond donors (Lipinski definition) is 0. The second-order valence-corrected chi connectivity index (χ2v) is 8.24. The molecule has 0 spiro atoms. The zero-order chi connectivity index (χ0) is 21.1. The van der Waals surface area contributed by atoms with Crippen LogP contribution in [-0.2, 0) is 4.79 Å². The number of anilines is 1. The number of ether oxygens (including phenoxy) is 2. The van der Waals surface area contributed by atoms with Crippen LogP contribution >= 0.6 is 11.8 Å². The third-order valence-electron chi connectivity index (χ3n) is 5.26. The molecule has 6 nitrogen and oxygen atoms in total. The molecule has 2 heterocycles. The molecule has 1 fully saturated rings. The van der Waals surface area contributed by atoms with Gasteiger partial charge in [-0.25, -0.2) is 0 Å². The van der Waals surface area contributed by atoms with Crippen molar-refractivity contribution in [2.24, 2.45) is 4.99 Å². The summed E-state index contributed by atoms with van der Waals surface area (Å²) in [6.07, 6.45) is 1.86. The predicted molar refractivity (Wildman–Crippen MR) is 123 cm³/mol. The number of methoxy groups -OCH3 is 2. The second-order valence-electron chi connectivity index (χ2n) is 7.23. The van der Waals surface area contributed by atoms with Crippen molar-refractivity contribution in [3.05, 3.63) is 58.5 Å². The maximum Gasteiger partial charge on any atom is 0.286 e. The second kappa shape index (κ2) is 8.83. The number of piperazine rings is 1. The van der Waals surface area contributed by atoms with Crippen LogP contribution in [0.15, 0.2) is 52.4 Å². The summed E-state index contributed by atoms with van der Waals surface area (Å²) in [5, 5.41) is 0.787. The van der Waals surface area contributed by atoms with Crippen LogP contribution in [0, 0.1) is 6.92 Å². The number of amides is 1. The summed E-state index contributed by atoms with van der Waals surface area (Å²) in [6.45, 7) is 5.60. The molecule has 0 atom stereocenters. The van der Waals surface area contributed by atoms with Gasteiger partial charge < -0.3 is 19.3 Å². The summed E-state index contributed by atoms with van der Waals surface area (Å²) in [7, 11) is 3.20. The van der Waals surface area contributed by atoms with Gasteiger partial charge in [0.25, 0.3) is 5.91 Å². The molecule has 0 aromatic heterocycles. The fourth-order valence-corrected chi connectivity index (χ4v) is 4.50. The summed E-state index contributed by atoms with van der Waals surface area (Å²) in [4.78, 5) is 22.0. The molecule has 0 unspecified atom stereocenters. The van der Waals surface area contributed by atoms with Crippen LogP contribution < -0.4 is 14.4 Å². The Hall–Kier alpha value is -2.93. The van der Waals surface area contributed by atoms with Crippen molar-refractivity contribution in [1.29, 1.82) is 0 Å². The maximum absolute atomic E-state index is 12.5. The smallest absolute Gasteiger partial charge is 0.286 e. The van der Waals surface area contributed by atoms with Gasteiger partial charge in [-0.1, -0.05) is 23.8 Å². The molecule has 2 aromatic carbocycles. The van der Waals surface area contributed by atoms with E-state index in [1.807, 2.05) is 24.3 Å². The molecule has 1 saturated heterocycles. The summed E-state index contributed by atoms with van der Waals surface area (Å²) in [5.74, 6) is 1.11. The lowest BCUT2D eigenvalue weighted by molar-refractivity contribution is -0.113. The van der Waals surface area contributed by atoms with Crippen molar-refractivity contribution < 1.29 is 14.3 Å². The van der Waals surface area contributed by atoms with E-state index in [2.05, 4.69) is 46.0 Å². The molecular weight excluding hydrogens is 398 g/mol. The van der Waals surface area contributed by atoms with Gasteiger partial charge in [-0.3, -0.25) is 4.79 Å². The zero-order valence-corrected chi connectivity index (χ0v) is 18.2. The summed E-state index contributed by atoms with van der Waals surface area (Å²) in [6, 6.07) is 14.2. The minimum absolute atomic E-state index is 0.189. The largest absolute Gasteiger partial charge is 0.493 e. The van der Waals surface area contributed by atoms with Crippen LogP contribution in [0.1, 0.15) is 11.1 Å². The minimum Gasteiger partial charge on any atom is -0.493 e. The van der Waals surface area contributed by atoms with Crippen molar-refractivity contribution in [2.45, 2.75) is 6.92 Å². The summed E-state index contributed by atoms with van der Waals surface area (Å²) in [5.41, 5.74) is 3.39. The Morgan fingerprint density at radius 2 is 1.60 bits per heavy atom. The van der Waals surface area contributed by atoms with Gasteiger partial charge in [-0.05, 0) is 54.6 Å². The van der Waals surface area contributed by atoms with E-state index in [1.54, 1.807) is 14.2 Å². The first-order chi connectivity index (χ1) is 14.6. The first-order valence-corrected chi connectivity index (χ1v) is 10.7. The van der Waals surface area contributed by atoms with Crippen molar-refractivity contribution in [1.82, 2.24) is 4.90 Å². The standard InChI is InChI=1S/C23H25N3O3S/c1-16-4-7-18(8-5-16)25-10-12-26(13-11-25)23-24-22(27)21(30-23)15-17-6-9-19(28-2)20(14-17)29-3/h4-9,14-15H,10-13H2,1-3H3/b21-15-. The van der Waals surface area contributed by atoms with E-state index < -0.39 is 0 Å². The summed E-state index contributed by atoms with van der Waals surface area (Å²) >= 11 is 1.44. The molecule has 0 radical (unpaired) electrons. The Bertz CT molecular complexity index is 993. The SMILES string of the molecule is COc1ccc(/C=C2\SC(N3CCN(c4ccc(C)cc4)CC3)=NC2=O)cc1OC. The number of rotatable bonds is 4. The lowest BCUT2D eigenvalue weighted by Crippen LogP contribution is -2.47. The molecule has 0 saturated carbocycles. The van der Waals surface area contributed by atoms with Crippen molar-refractivity contribution in [3.8, 4) is 11.5 Å². The van der Waals surface area contributed by atoms with Gasteiger partial charge >= 0.3 is 0 Å². The van der Waals surface area contributed by atoms with Gasteiger partial charge in [0, 0.05) is 31.9 Å². The number of thioether (sulfide) groups is 1. The van der Waals surface area contributed by atoms with Crippen LogP contribution in [0.2, 0.25) is 0 Å². The molecule has 0 bridgehead atoms. The van der Waals surface area contributed by atoms with Gasteiger partial charge in [-0.2, -0.15) is 4.99 Å². The monoisotopic (exact) mass is 423 g/mol. The van der Waals surface area contributed by atoms with E-state index in [0.717, 1.165) is 36.9 Å². The Morgan fingerprint density at radius 3 is 2.27 bits per heavy atom. The Labute approximate surface area is 181 Å². The minimum atomic E-state index is -0.189. The molecule has 2 aromatic rings. The van der Waals surface area contributed by atoms with E-state index >= 15 is 0 Å². The molecular formula is C23H25N3O3S. The quantitative estimate of drug-likeness (QED) is 0.697. The van der Waals surface area contributed by atoms with Crippen LogP contribution in [0.4, 0.5) is 5.69 Å². The number of aryl methyl sites for hydroxylation is 1. The molecule has 156 valence electrons. The highest BCUT2D eigenvalue weighted by atomic mass is 32.2. The third kappa shape index (κ3) is 4.31. The highest BCUT2D eigenvalue weighted by molar-refractivity contribution is 8.18. The Morgan fingerprint density at radius 1 is 0.933 bits per heavy atom. The van der Waals surface area contributed by atoms with Crippen molar-refractivity contribution in [3.63, 3.8) is 0 Å². The van der Waals surface area contributed by atoms with Crippen LogP contribution in [0.25, 0.3) is 6.08 Å². The van der Waals surface area contributed by atoms with Gasteiger partial charge in [0.05, 0.1) is 19.1 Å². The van der Waals surface area contributed by atoms with Crippen molar-refractivity contribution >= 4 is 34.6 Å². The fourth-order valence-electron chi connectivity index (χ4n) is 3.54. The zero-order valence-electron chi connectivity index (χ0n) is 17.4. The van der Waals surface area contributed by atoms with Gasteiger partial charge in [0.1, 0.15) is 0 Å². The molecule has 4 rings (SSSR count). The van der Waals surface area contributed by atoms with E-state index in [0.29, 0.717) is 16.4 Å². The average molecular weight is 424 g/mol. The maximum atomic E-state index is 12.5. The number of carbonyl (C=O) groups is 1. The van der Waals surface area contributed by atoms with Gasteiger partial charge in [0.2, 0.25) is 0 Å². The first kappa shape index (κ1) is 20.3. The fraction of sp³-hybridized carbons (Fsp3) is 0.304. The number of hydrogen-bond acceptors (Lipinski definition) is 6. The first-order valence-electron chi connectivity index (χ1n) is 9.88. The molecule has 2 aliphatic rings. The molecule has 2 aliphatic heterocycles. The number of aliphatic imine (C=N–C) groups is 1.